The molecule has 5 heteroatoms. The molecule has 96 valence electrons. The first-order chi connectivity index (χ1) is 9.15. The smallest absolute Gasteiger partial charge is 0.0716 e. The Morgan fingerprint density at radius 1 is 1.21 bits per heavy atom. The number of nitrogens with zero attached hydrogens (tertiary/aromatic N) is 1. The van der Waals surface area contributed by atoms with Crippen molar-refractivity contribution in [2.45, 2.75) is 0 Å². The lowest BCUT2D eigenvalue weighted by Crippen LogP contribution is -2.22. The number of carbonyl (C=O) groups excluding carboxylic acids is 1. The van der Waals surface area contributed by atoms with Gasteiger partial charge in [-0.1, -0.05) is 40.2 Å². The normalized spacial score (nSPS) is 10.6. The van der Waals surface area contributed by atoms with Gasteiger partial charge >= 0.3 is 0 Å². The molecular weight excluding hydrogens is 308 g/mol. The quantitative estimate of drug-likeness (QED) is 0.695. The van der Waals surface area contributed by atoms with Crippen LogP contribution in [0.25, 0.3) is 0 Å². The van der Waals surface area contributed by atoms with Gasteiger partial charge in [0.2, 0.25) is 0 Å². The van der Waals surface area contributed by atoms with Crippen molar-refractivity contribution < 1.29 is 9.90 Å². The Morgan fingerprint density at radius 3 is 2.63 bits per heavy atom. The maximum absolute atomic E-state index is 10.7. The SMILES string of the molecule is O=C([O-])c1cccc(N/N=C\c2ccc(Br)cc2)c1. The zero-order valence-electron chi connectivity index (χ0n) is 9.84. The van der Waals surface area contributed by atoms with E-state index in [4.69, 9.17) is 0 Å². The number of hydrogen-bond acceptors (Lipinski definition) is 4. The van der Waals surface area contributed by atoms with Crippen molar-refractivity contribution in [2.24, 2.45) is 5.10 Å². The van der Waals surface area contributed by atoms with Crippen LogP contribution in [0.1, 0.15) is 15.9 Å². The van der Waals surface area contributed by atoms with Gasteiger partial charge in [-0.25, -0.2) is 0 Å². The Balaban J connectivity index is 2.04. The van der Waals surface area contributed by atoms with Gasteiger partial charge in [-0.05, 0) is 35.4 Å². The van der Waals surface area contributed by atoms with Gasteiger partial charge in [0.25, 0.3) is 0 Å². The standard InChI is InChI=1S/C14H11BrN2O2/c15-12-6-4-10(5-7-12)9-16-17-13-3-1-2-11(8-13)14(18)19/h1-9,17H,(H,18,19)/p-1/b16-9-. The molecule has 4 nitrogen and oxygen atoms in total. The zero-order chi connectivity index (χ0) is 13.7. The molecule has 2 aromatic rings. The molecule has 0 aliphatic rings. The van der Waals surface area contributed by atoms with E-state index in [1.165, 1.54) is 12.1 Å². The Kier molecular flexibility index (Phi) is 4.30. The molecule has 0 amide bonds. The fraction of sp³-hybridized carbons (Fsp3) is 0. The lowest BCUT2D eigenvalue weighted by Gasteiger charge is -2.05. The Hall–Kier alpha value is -2.14. The summed E-state index contributed by atoms with van der Waals surface area (Å²) in [5.74, 6) is -1.21. The number of carboxylic acid groups (broad SMARTS) is 1. The molecule has 0 saturated heterocycles. The predicted molar refractivity (Wildman–Crippen MR) is 76.1 cm³/mol. The predicted octanol–water partition coefficient (Wildman–Crippen LogP) is 2.26. The molecule has 0 atom stereocenters. The minimum atomic E-state index is -1.21. The summed E-state index contributed by atoms with van der Waals surface area (Å²) in [6, 6.07) is 13.9. The van der Waals surface area contributed by atoms with Gasteiger partial charge in [0.05, 0.1) is 17.9 Å². The summed E-state index contributed by atoms with van der Waals surface area (Å²) >= 11 is 3.35. The Bertz CT molecular complexity index is 609. The van der Waals surface area contributed by atoms with Crippen LogP contribution in [-0.2, 0) is 0 Å². The highest BCUT2D eigenvalue weighted by molar-refractivity contribution is 9.10. The number of carbonyl (C=O) groups is 1. The Morgan fingerprint density at radius 2 is 1.95 bits per heavy atom. The second kappa shape index (κ2) is 6.15. The summed E-state index contributed by atoms with van der Waals surface area (Å²) in [7, 11) is 0. The summed E-state index contributed by atoms with van der Waals surface area (Å²) in [6.45, 7) is 0. The van der Waals surface area contributed by atoms with Crippen LogP contribution in [0.2, 0.25) is 0 Å². The zero-order valence-corrected chi connectivity index (χ0v) is 11.4. The third-order valence-corrected chi connectivity index (χ3v) is 2.90. The molecule has 0 heterocycles. The van der Waals surface area contributed by atoms with Crippen LogP contribution >= 0.6 is 15.9 Å². The third kappa shape index (κ3) is 3.93. The lowest BCUT2D eigenvalue weighted by atomic mass is 10.2. The molecule has 19 heavy (non-hydrogen) atoms. The molecule has 0 radical (unpaired) electrons. The first-order valence-corrected chi connectivity index (χ1v) is 6.30. The molecule has 0 fully saturated rings. The molecule has 0 aliphatic carbocycles. The van der Waals surface area contributed by atoms with E-state index in [0.717, 1.165) is 10.0 Å². The summed E-state index contributed by atoms with van der Waals surface area (Å²) in [6.07, 6.45) is 1.65. The average Bonchev–Trinajstić information content (AvgIpc) is 2.41. The van der Waals surface area contributed by atoms with E-state index in [0.29, 0.717) is 5.69 Å². The van der Waals surface area contributed by atoms with Crippen LogP contribution < -0.4 is 10.5 Å². The summed E-state index contributed by atoms with van der Waals surface area (Å²) in [4.78, 5) is 10.7. The van der Waals surface area contributed by atoms with Crippen molar-refractivity contribution in [2.75, 3.05) is 5.43 Å². The van der Waals surface area contributed by atoms with E-state index < -0.39 is 5.97 Å². The van der Waals surface area contributed by atoms with Crippen molar-refractivity contribution in [3.05, 3.63) is 64.1 Å². The number of hydrazone groups is 1. The van der Waals surface area contributed by atoms with Gasteiger partial charge in [0, 0.05) is 4.47 Å². The number of anilines is 1. The molecule has 0 bridgehead atoms. The number of aromatic carboxylic acids is 1. The van der Waals surface area contributed by atoms with E-state index in [1.54, 1.807) is 18.3 Å². The Labute approximate surface area is 118 Å². The van der Waals surface area contributed by atoms with E-state index in [9.17, 15) is 9.90 Å². The minimum Gasteiger partial charge on any atom is -0.545 e. The van der Waals surface area contributed by atoms with Crippen molar-refractivity contribution in [1.29, 1.82) is 0 Å². The first-order valence-electron chi connectivity index (χ1n) is 5.51. The van der Waals surface area contributed by atoms with Gasteiger partial charge < -0.3 is 9.90 Å². The number of benzene rings is 2. The van der Waals surface area contributed by atoms with Crippen LogP contribution in [0.15, 0.2) is 58.1 Å². The third-order valence-electron chi connectivity index (χ3n) is 2.38. The lowest BCUT2D eigenvalue weighted by molar-refractivity contribution is -0.255. The van der Waals surface area contributed by atoms with Crippen LogP contribution in [0.4, 0.5) is 5.69 Å². The summed E-state index contributed by atoms with van der Waals surface area (Å²) < 4.78 is 0.999. The molecular formula is C14H10BrN2O2-. The van der Waals surface area contributed by atoms with Crippen LogP contribution in [-0.4, -0.2) is 12.2 Å². The van der Waals surface area contributed by atoms with E-state index >= 15 is 0 Å². The fourth-order valence-corrected chi connectivity index (χ4v) is 1.71. The summed E-state index contributed by atoms with van der Waals surface area (Å²) in [5, 5.41) is 14.7. The molecule has 2 rings (SSSR count). The number of rotatable bonds is 4. The molecule has 0 saturated carbocycles. The van der Waals surface area contributed by atoms with Gasteiger partial charge in [0.15, 0.2) is 0 Å². The molecule has 0 aromatic heterocycles. The second-order valence-electron chi connectivity index (χ2n) is 3.79. The van der Waals surface area contributed by atoms with Gasteiger partial charge in [-0.15, -0.1) is 0 Å². The van der Waals surface area contributed by atoms with Crippen LogP contribution in [0, 0.1) is 0 Å². The van der Waals surface area contributed by atoms with Gasteiger partial charge in [-0.2, -0.15) is 5.10 Å². The highest BCUT2D eigenvalue weighted by Gasteiger charge is 1.95. The molecule has 0 unspecified atom stereocenters. The van der Waals surface area contributed by atoms with E-state index in [1.807, 2.05) is 24.3 Å². The van der Waals surface area contributed by atoms with Crippen molar-refractivity contribution >= 4 is 33.8 Å². The van der Waals surface area contributed by atoms with Gasteiger partial charge in [0.1, 0.15) is 0 Å². The average molecular weight is 318 g/mol. The molecule has 0 aliphatic heterocycles. The minimum absolute atomic E-state index is 0.115. The summed E-state index contributed by atoms with van der Waals surface area (Å²) in [5.41, 5.74) is 4.41. The number of nitrogens with one attached hydrogen (secondary N) is 1. The van der Waals surface area contributed by atoms with E-state index in [2.05, 4.69) is 26.5 Å². The highest BCUT2D eigenvalue weighted by atomic mass is 79.9. The maximum Gasteiger partial charge on any atom is 0.0716 e. The van der Waals surface area contributed by atoms with Crippen molar-refractivity contribution in [3.63, 3.8) is 0 Å². The van der Waals surface area contributed by atoms with E-state index in [-0.39, 0.29) is 5.56 Å². The number of halogens is 1. The molecule has 2 aromatic carbocycles. The first kappa shape index (κ1) is 13.3. The van der Waals surface area contributed by atoms with Crippen LogP contribution in [0.3, 0.4) is 0 Å². The topological polar surface area (TPSA) is 64.5 Å². The van der Waals surface area contributed by atoms with Crippen molar-refractivity contribution in [1.82, 2.24) is 0 Å². The molecule has 0 spiro atoms. The fourth-order valence-electron chi connectivity index (χ4n) is 1.45. The highest BCUT2D eigenvalue weighted by Crippen LogP contribution is 2.11. The number of carboxylic acids is 1. The maximum atomic E-state index is 10.7. The second-order valence-corrected chi connectivity index (χ2v) is 4.71. The number of hydrogen-bond donors (Lipinski definition) is 1. The van der Waals surface area contributed by atoms with Gasteiger partial charge in [-0.3, -0.25) is 5.43 Å². The van der Waals surface area contributed by atoms with Crippen LogP contribution in [0.5, 0.6) is 0 Å². The van der Waals surface area contributed by atoms with Crippen molar-refractivity contribution in [3.8, 4) is 0 Å². The molecule has 1 N–H and O–H groups in total. The largest absolute Gasteiger partial charge is 0.545 e. The monoisotopic (exact) mass is 317 g/mol.